The third kappa shape index (κ3) is 4.62. The lowest BCUT2D eigenvalue weighted by atomic mass is 9.93. The highest BCUT2D eigenvalue weighted by atomic mass is 16.5. The van der Waals surface area contributed by atoms with Crippen molar-refractivity contribution >= 4 is 17.4 Å². The number of methoxy groups -OCH3 is 2. The van der Waals surface area contributed by atoms with E-state index in [0.29, 0.717) is 29.2 Å². The lowest BCUT2D eigenvalue weighted by molar-refractivity contribution is -0.140. The minimum absolute atomic E-state index is 0.0482. The molecule has 0 spiro atoms. The molecule has 0 bridgehead atoms. The van der Waals surface area contributed by atoms with Crippen LogP contribution in [-0.4, -0.2) is 55.7 Å². The molecule has 0 aromatic heterocycles. The van der Waals surface area contributed by atoms with Crippen molar-refractivity contribution in [1.29, 1.82) is 0 Å². The molecule has 2 aromatic rings. The van der Waals surface area contributed by atoms with Gasteiger partial charge in [0, 0.05) is 19.2 Å². The van der Waals surface area contributed by atoms with Crippen LogP contribution in [0.3, 0.4) is 0 Å². The van der Waals surface area contributed by atoms with Gasteiger partial charge >= 0.3 is 0 Å². The van der Waals surface area contributed by atoms with Crippen LogP contribution in [0, 0.1) is 6.92 Å². The second-order valence-electron chi connectivity index (χ2n) is 7.59. The van der Waals surface area contributed by atoms with E-state index in [2.05, 4.69) is 0 Å². The van der Waals surface area contributed by atoms with Gasteiger partial charge in [0.15, 0.2) is 0 Å². The maximum Gasteiger partial charge on any atom is 0.295 e. The maximum absolute atomic E-state index is 13.1. The number of nitrogens with zero attached hydrogens (tertiary/aromatic N) is 1. The van der Waals surface area contributed by atoms with E-state index in [0.717, 1.165) is 12.0 Å². The van der Waals surface area contributed by atoms with Crippen LogP contribution >= 0.6 is 0 Å². The lowest BCUT2D eigenvalue weighted by Crippen LogP contribution is -2.32. The van der Waals surface area contributed by atoms with Crippen molar-refractivity contribution in [2.45, 2.75) is 26.3 Å². The van der Waals surface area contributed by atoms with Crippen molar-refractivity contribution in [2.75, 3.05) is 34.0 Å². The molecule has 7 heteroatoms. The van der Waals surface area contributed by atoms with Crippen molar-refractivity contribution in [3.63, 3.8) is 0 Å². The predicted molar refractivity (Wildman–Crippen MR) is 121 cm³/mol. The van der Waals surface area contributed by atoms with Crippen LogP contribution in [0.15, 0.2) is 48.0 Å². The van der Waals surface area contributed by atoms with Gasteiger partial charge in [0.05, 0.1) is 31.9 Å². The summed E-state index contributed by atoms with van der Waals surface area (Å²) in [5, 5.41) is 11.2. The van der Waals surface area contributed by atoms with Gasteiger partial charge in [-0.15, -0.1) is 0 Å². The summed E-state index contributed by atoms with van der Waals surface area (Å²) < 4.78 is 16.1. The molecular weight excluding hydrogens is 410 g/mol. The molecule has 2 aromatic carbocycles. The van der Waals surface area contributed by atoms with E-state index < -0.39 is 17.7 Å². The zero-order chi connectivity index (χ0) is 23.3. The van der Waals surface area contributed by atoms with Gasteiger partial charge in [-0.25, -0.2) is 0 Å². The summed E-state index contributed by atoms with van der Waals surface area (Å²) >= 11 is 0. The van der Waals surface area contributed by atoms with Gasteiger partial charge in [0.25, 0.3) is 11.7 Å². The number of hydrogen-bond acceptors (Lipinski definition) is 6. The Morgan fingerprint density at radius 1 is 1.06 bits per heavy atom. The molecule has 0 aliphatic carbocycles. The average molecular weight is 440 g/mol. The predicted octanol–water partition coefficient (Wildman–Crippen LogP) is 3.86. The number of aryl methyl sites for hydroxylation is 1. The lowest BCUT2D eigenvalue weighted by Gasteiger charge is -2.25. The smallest absolute Gasteiger partial charge is 0.295 e. The number of ketones is 1. The molecule has 0 saturated carbocycles. The Bertz CT molecular complexity index is 1030. The SMILES string of the molecule is CCCOc1cccc(C2/C(=C(\O)c3ccc(OC)cc3C)C(=O)C(=O)N2CCOC)c1. The largest absolute Gasteiger partial charge is 0.507 e. The highest BCUT2D eigenvalue weighted by molar-refractivity contribution is 6.46. The summed E-state index contributed by atoms with van der Waals surface area (Å²) in [4.78, 5) is 27.4. The van der Waals surface area contributed by atoms with E-state index in [1.165, 1.54) is 12.0 Å². The standard InChI is InChI=1S/C25H29NO6/c1-5-12-32-19-8-6-7-17(15-19)22-21(24(28)25(29)26(22)11-13-30-3)23(27)20-10-9-18(31-4)14-16(20)2/h6-10,14-15,22,27H,5,11-13H2,1-4H3/b23-21+. The van der Waals surface area contributed by atoms with Crippen molar-refractivity contribution in [1.82, 2.24) is 4.90 Å². The normalized spacial score (nSPS) is 17.6. The molecule has 1 N–H and O–H groups in total. The van der Waals surface area contributed by atoms with Crippen LogP contribution in [0.2, 0.25) is 0 Å². The minimum Gasteiger partial charge on any atom is -0.507 e. The number of aliphatic hydroxyl groups is 1. The van der Waals surface area contributed by atoms with Crippen LogP contribution in [0.25, 0.3) is 5.76 Å². The highest BCUT2D eigenvalue weighted by Gasteiger charge is 2.46. The summed E-state index contributed by atoms with van der Waals surface area (Å²) in [6.45, 7) is 4.85. The van der Waals surface area contributed by atoms with Crippen LogP contribution in [0.1, 0.15) is 36.1 Å². The maximum atomic E-state index is 13.1. The third-order valence-electron chi connectivity index (χ3n) is 5.41. The van der Waals surface area contributed by atoms with Gasteiger partial charge in [-0.3, -0.25) is 9.59 Å². The number of aliphatic hydroxyl groups excluding tert-OH is 1. The molecule has 1 fully saturated rings. The first-order chi connectivity index (χ1) is 15.4. The first-order valence-electron chi connectivity index (χ1n) is 10.6. The van der Waals surface area contributed by atoms with Crippen molar-refractivity contribution in [2.24, 2.45) is 0 Å². The number of ether oxygens (including phenoxy) is 3. The average Bonchev–Trinajstić information content (AvgIpc) is 3.05. The van der Waals surface area contributed by atoms with Crippen LogP contribution < -0.4 is 9.47 Å². The number of hydrogen-bond donors (Lipinski definition) is 1. The minimum atomic E-state index is -0.753. The Morgan fingerprint density at radius 2 is 1.84 bits per heavy atom. The first kappa shape index (κ1) is 23.3. The Labute approximate surface area is 188 Å². The molecule has 1 heterocycles. The molecule has 1 amide bonds. The van der Waals surface area contributed by atoms with Gasteiger partial charge in [0.2, 0.25) is 0 Å². The van der Waals surface area contributed by atoms with Gasteiger partial charge < -0.3 is 24.2 Å². The highest BCUT2D eigenvalue weighted by Crippen LogP contribution is 2.40. The summed E-state index contributed by atoms with van der Waals surface area (Å²) in [7, 11) is 3.09. The number of Topliss-reactive ketones (excluding diaryl/α,β-unsaturated/α-hetero) is 1. The van der Waals surface area contributed by atoms with Crippen LogP contribution in [-0.2, 0) is 14.3 Å². The van der Waals surface area contributed by atoms with E-state index in [9.17, 15) is 14.7 Å². The van der Waals surface area contributed by atoms with E-state index in [-0.39, 0.29) is 24.5 Å². The molecule has 1 aliphatic heterocycles. The molecule has 32 heavy (non-hydrogen) atoms. The fourth-order valence-electron chi connectivity index (χ4n) is 3.82. The van der Waals surface area contributed by atoms with Gasteiger partial charge in [-0.2, -0.15) is 0 Å². The summed E-state index contributed by atoms with van der Waals surface area (Å²) in [5.41, 5.74) is 1.93. The monoisotopic (exact) mass is 439 g/mol. The second kappa shape index (κ2) is 10.3. The molecule has 0 radical (unpaired) electrons. The molecule has 170 valence electrons. The number of carbonyl (C=O) groups is 2. The number of carbonyl (C=O) groups excluding carboxylic acids is 2. The van der Waals surface area contributed by atoms with Crippen molar-refractivity contribution in [3.8, 4) is 11.5 Å². The Balaban J connectivity index is 2.15. The Morgan fingerprint density at radius 3 is 2.50 bits per heavy atom. The topological polar surface area (TPSA) is 85.3 Å². The van der Waals surface area contributed by atoms with Gasteiger partial charge in [-0.1, -0.05) is 19.1 Å². The van der Waals surface area contributed by atoms with E-state index in [1.807, 2.05) is 32.0 Å². The third-order valence-corrected chi connectivity index (χ3v) is 5.41. The molecule has 7 nitrogen and oxygen atoms in total. The second-order valence-corrected chi connectivity index (χ2v) is 7.59. The molecule has 1 saturated heterocycles. The van der Waals surface area contributed by atoms with Gasteiger partial charge in [-0.05, 0) is 54.8 Å². The summed E-state index contributed by atoms with van der Waals surface area (Å²) in [6, 6.07) is 11.7. The van der Waals surface area contributed by atoms with Crippen molar-refractivity contribution in [3.05, 3.63) is 64.7 Å². The number of amides is 1. The van der Waals surface area contributed by atoms with Crippen molar-refractivity contribution < 1.29 is 28.9 Å². The van der Waals surface area contributed by atoms with Crippen LogP contribution in [0.4, 0.5) is 0 Å². The molecular formula is C25H29NO6. The first-order valence-corrected chi connectivity index (χ1v) is 10.6. The molecule has 1 aliphatic rings. The summed E-state index contributed by atoms with van der Waals surface area (Å²) in [5.74, 6) is -0.328. The number of rotatable bonds is 9. The Kier molecular flexibility index (Phi) is 7.53. The zero-order valence-electron chi connectivity index (χ0n) is 18.9. The zero-order valence-corrected chi connectivity index (χ0v) is 18.9. The quantitative estimate of drug-likeness (QED) is 0.363. The molecule has 3 rings (SSSR count). The fraction of sp³-hybridized carbons (Fsp3) is 0.360. The van der Waals surface area contributed by atoms with E-state index in [4.69, 9.17) is 14.2 Å². The summed E-state index contributed by atoms with van der Waals surface area (Å²) in [6.07, 6.45) is 0.854. The van der Waals surface area contributed by atoms with E-state index in [1.54, 1.807) is 31.4 Å². The Hall–Kier alpha value is -3.32. The molecule has 1 unspecified atom stereocenters. The van der Waals surface area contributed by atoms with E-state index >= 15 is 0 Å². The number of benzene rings is 2. The molecule has 1 atom stereocenters. The fourth-order valence-corrected chi connectivity index (χ4v) is 3.82. The van der Waals surface area contributed by atoms with Crippen LogP contribution in [0.5, 0.6) is 11.5 Å². The number of likely N-dealkylation sites (tertiary alicyclic amines) is 1. The van der Waals surface area contributed by atoms with Gasteiger partial charge in [0.1, 0.15) is 17.3 Å².